The van der Waals surface area contributed by atoms with Crippen LogP contribution in [0.5, 0.6) is 0 Å². The quantitative estimate of drug-likeness (QED) is 0.453. The molecule has 0 radical (unpaired) electrons. The molecule has 2 aromatic rings. The molecule has 2 amide bonds. The molecular weight excluding hydrogens is 469 g/mol. The second kappa shape index (κ2) is 8.24. The first-order valence-electron chi connectivity index (χ1n) is 7.55. The molecule has 5 nitrogen and oxygen atoms in total. The van der Waals surface area contributed by atoms with Gasteiger partial charge in [0.25, 0.3) is 11.8 Å². The predicted octanol–water partition coefficient (Wildman–Crippen LogP) is 3.76. The average molecular weight is 487 g/mol. The average Bonchev–Trinajstić information content (AvgIpc) is 2.84. The molecule has 0 saturated carbocycles. The van der Waals surface area contributed by atoms with Gasteiger partial charge in [0.05, 0.1) is 5.56 Å². The van der Waals surface area contributed by atoms with Crippen LogP contribution in [0.3, 0.4) is 0 Å². The van der Waals surface area contributed by atoms with Crippen molar-refractivity contribution in [3.63, 3.8) is 0 Å². The second-order valence-corrected chi connectivity index (χ2v) is 8.23. The van der Waals surface area contributed by atoms with Gasteiger partial charge in [-0.2, -0.15) is 0 Å². The fourth-order valence-electron chi connectivity index (χ4n) is 2.40. The number of nitrogens with two attached hydrogens (primary N) is 1. The number of aryl methyl sites for hydroxylation is 2. The highest BCUT2D eigenvalue weighted by molar-refractivity contribution is 14.1. The number of hydrogen-bond donors (Lipinski definition) is 3. The Kier molecular flexibility index (Phi) is 6.53. The maximum Gasteiger partial charge on any atom is 0.257 e. The number of nitrogens with one attached hydrogen (secondary N) is 2. The lowest BCUT2D eigenvalue weighted by atomic mass is 10.1. The molecule has 25 heavy (non-hydrogen) atoms. The fourth-order valence-corrected chi connectivity index (χ4v) is 4.33. The van der Waals surface area contributed by atoms with E-state index in [4.69, 9.17) is 18.0 Å². The van der Waals surface area contributed by atoms with Crippen LogP contribution in [0.25, 0.3) is 0 Å². The number of primary amides is 1. The first-order chi connectivity index (χ1) is 11.7. The number of thiocarbonyl (C=S) groups is 1. The molecule has 0 aliphatic carbocycles. The van der Waals surface area contributed by atoms with Crippen LogP contribution in [0.4, 0.5) is 5.00 Å². The SMILES string of the molecule is CCc1c(C)sc(NC(=S)NC(=O)c2ccc(C)c(I)c2)c1C(N)=O. The topological polar surface area (TPSA) is 84.2 Å². The molecule has 1 aromatic carbocycles. The van der Waals surface area contributed by atoms with E-state index in [1.165, 1.54) is 11.3 Å². The number of carbonyl (C=O) groups excluding carboxylic acids is 2. The maximum absolute atomic E-state index is 12.3. The van der Waals surface area contributed by atoms with E-state index < -0.39 is 5.91 Å². The van der Waals surface area contributed by atoms with Gasteiger partial charge in [-0.3, -0.25) is 14.9 Å². The summed E-state index contributed by atoms with van der Waals surface area (Å²) in [6.45, 7) is 5.87. The van der Waals surface area contributed by atoms with Gasteiger partial charge in [-0.15, -0.1) is 11.3 Å². The monoisotopic (exact) mass is 487 g/mol. The molecule has 0 spiro atoms. The van der Waals surface area contributed by atoms with Crippen molar-refractivity contribution >= 4 is 68.1 Å². The minimum atomic E-state index is -0.508. The highest BCUT2D eigenvalue weighted by Gasteiger charge is 2.20. The Hall–Kier alpha value is -1.52. The largest absolute Gasteiger partial charge is 0.365 e. The van der Waals surface area contributed by atoms with Gasteiger partial charge in [-0.1, -0.05) is 13.0 Å². The molecule has 0 unspecified atom stereocenters. The lowest BCUT2D eigenvalue weighted by molar-refractivity contribution is 0.0975. The van der Waals surface area contributed by atoms with E-state index in [1.54, 1.807) is 12.1 Å². The summed E-state index contributed by atoms with van der Waals surface area (Å²) >= 11 is 8.79. The van der Waals surface area contributed by atoms with E-state index in [9.17, 15) is 9.59 Å². The lowest BCUT2D eigenvalue weighted by Gasteiger charge is -2.10. The van der Waals surface area contributed by atoms with Crippen LogP contribution in [0, 0.1) is 17.4 Å². The zero-order valence-corrected chi connectivity index (χ0v) is 17.8. The number of carbonyl (C=O) groups is 2. The van der Waals surface area contributed by atoms with E-state index in [2.05, 4.69) is 33.2 Å². The zero-order chi connectivity index (χ0) is 18.7. The summed E-state index contributed by atoms with van der Waals surface area (Å²) in [6, 6.07) is 5.43. The van der Waals surface area contributed by atoms with Crippen molar-refractivity contribution in [3.05, 3.63) is 48.9 Å². The van der Waals surface area contributed by atoms with Gasteiger partial charge >= 0.3 is 0 Å². The van der Waals surface area contributed by atoms with Gasteiger partial charge in [-0.25, -0.2) is 0 Å². The van der Waals surface area contributed by atoms with Gasteiger partial charge in [0, 0.05) is 14.0 Å². The van der Waals surface area contributed by atoms with Crippen LogP contribution in [0.15, 0.2) is 18.2 Å². The molecule has 8 heteroatoms. The van der Waals surface area contributed by atoms with Crippen molar-refractivity contribution < 1.29 is 9.59 Å². The second-order valence-electron chi connectivity index (χ2n) is 5.43. The minimum Gasteiger partial charge on any atom is -0.365 e. The minimum absolute atomic E-state index is 0.131. The van der Waals surface area contributed by atoms with Gasteiger partial charge in [-0.05, 0) is 78.3 Å². The molecule has 0 aliphatic rings. The van der Waals surface area contributed by atoms with Gasteiger partial charge in [0.2, 0.25) is 0 Å². The Balaban J connectivity index is 2.16. The van der Waals surface area contributed by atoms with E-state index in [0.717, 1.165) is 19.6 Å². The third-order valence-corrected chi connectivity index (χ3v) is 6.13. The molecule has 0 atom stereocenters. The third-order valence-electron chi connectivity index (χ3n) is 3.70. The molecule has 2 rings (SSSR count). The first-order valence-corrected chi connectivity index (χ1v) is 9.85. The van der Waals surface area contributed by atoms with Crippen LogP contribution in [0.1, 0.15) is 43.6 Å². The fraction of sp³-hybridized carbons (Fsp3) is 0.235. The van der Waals surface area contributed by atoms with Crippen molar-refractivity contribution in [2.45, 2.75) is 27.2 Å². The maximum atomic E-state index is 12.3. The van der Waals surface area contributed by atoms with Gasteiger partial charge in [0.1, 0.15) is 5.00 Å². The number of rotatable bonds is 4. The molecule has 1 aromatic heterocycles. The Bertz CT molecular complexity index is 862. The van der Waals surface area contributed by atoms with E-state index in [1.807, 2.05) is 26.8 Å². The highest BCUT2D eigenvalue weighted by atomic mass is 127. The first kappa shape index (κ1) is 19.8. The molecule has 0 saturated heterocycles. The van der Waals surface area contributed by atoms with Crippen molar-refractivity contribution in [3.8, 4) is 0 Å². The Morgan fingerprint density at radius 3 is 2.56 bits per heavy atom. The summed E-state index contributed by atoms with van der Waals surface area (Å²) in [7, 11) is 0. The van der Waals surface area contributed by atoms with Crippen LogP contribution in [-0.4, -0.2) is 16.9 Å². The number of anilines is 1. The summed E-state index contributed by atoms with van der Waals surface area (Å²) in [5.41, 5.74) is 8.46. The third kappa shape index (κ3) is 4.56. The molecule has 0 aliphatic heterocycles. The summed E-state index contributed by atoms with van der Waals surface area (Å²) in [4.78, 5) is 25.1. The normalized spacial score (nSPS) is 10.4. The number of hydrogen-bond acceptors (Lipinski definition) is 4. The molecule has 4 N–H and O–H groups in total. The molecule has 132 valence electrons. The van der Waals surface area contributed by atoms with Crippen molar-refractivity contribution in [1.82, 2.24) is 5.32 Å². The van der Waals surface area contributed by atoms with Crippen molar-refractivity contribution in [2.75, 3.05) is 5.32 Å². The van der Waals surface area contributed by atoms with E-state index in [-0.39, 0.29) is 11.0 Å². The summed E-state index contributed by atoms with van der Waals surface area (Å²) in [6.07, 6.45) is 0.698. The molecule has 0 fully saturated rings. The Morgan fingerprint density at radius 2 is 2.00 bits per heavy atom. The summed E-state index contributed by atoms with van der Waals surface area (Å²) in [5, 5.41) is 6.26. The van der Waals surface area contributed by atoms with Gasteiger partial charge in [0.15, 0.2) is 5.11 Å². The Morgan fingerprint density at radius 1 is 1.32 bits per heavy atom. The van der Waals surface area contributed by atoms with Crippen LogP contribution < -0.4 is 16.4 Å². The number of thiophene rings is 1. The van der Waals surface area contributed by atoms with Crippen LogP contribution in [-0.2, 0) is 6.42 Å². The molecule has 0 bridgehead atoms. The van der Waals surface area contributed by atoms with E-state index in [0.29, 0.717) is 22.5 Å². The smallest absolute Gasteiger partial charge is 0.257 e. The van der Waals surface area contributed by atoms with Crippen molar-refractivity contribution in [2.24, 2.45) is 5.73 Å². The standard InChI is InChI=1S/C17H18IN3O2S2/c1-4-11-9(3)25-16(13(11)14(19)22)21-17(24)20-15(23)10-6-5-8(2)12(18)7-10/h5-7H,4H2,1-3H3,(H2,19,22)(H2,20,21,23,24). The zero-order valence-electron chi connectivity index (χ0n) is 14.0. The number of amides is 2. The van der Waals surface area contributed by atoms with Crippen molar-refractivity contribution in [1.29, 1.82) is 0 Å². The van der Waals surface area contributed by atoms with Gasteiger partial charge < -0.3 is 11.1 Å². The molecular formula is C17H18IN3O2S2. The molecule has 1 heterocycles. The Labute approximate surface area is 169 Å². The highest BCUT2D eigenvalue weighted by Crippen LogP contribution is 2.33. The number of benzene rings is 1. The predicted molar refractivity (Wildman–Crippen MR) is 115 cm³/mol. The lowest BCUT2D eigenvalue weighted by Crippen LogP contribution is -2.34. The summed E-state index contributed by atoms with van der Waals surface area (Å²) < 4.78 is 1.00. The summed E-state index contributed by atoms with van der Waals surface area (Å²) in [5.74, 6) is -0.814. The van der Waals surface area contributed by atoms with E-state index >= 15 is 0 Å². The number of halogens is 1. The van der Waals surface area contributed by atoms with Crippen LogP contribution in [0.2, 0.25) is 0 Å². The van der Waals surface area contributed by atoms with Crippen LogP contribution >= 0.6 is 46.1 Å².